The van der Waals surface area contributed by atoms with Crippen molar-refractivity contribution < 1.29 is 13.2 Å². The van der Waals surface area contributed by atoms with E-state index in [1.165, 1.54) is 0 Å². The van der Waals surface area contributed by atoms with Gasteiger partial charge in [0.2, 0.25) is 0 Å². The van der Waals surface area contributed by atoms with Crippen LogP contribution in [-0.2, 0) is 0 Å². The van der Waals surface area contributed by atoms with Gasteiger partial charge < -0.3 is 5.73 Å². The van der Waals surface area contributed by atoms with Crippen LogP contribution in [-0.4, -0.2) is 24.6 Å². The van der Waals surface area contributed by atoms with Gasteiger partial charge in [-0.2, -0.15) is 13.2 Å². The molecule has 0 saturated carbocycles. The first kappa shape index (κ1) is 13.2. The minimum Gasteiger partial charge on any atom is -0.386 e. The Labute approximate surface area is 81.4 Å². The molecule has 0 aromatic carbocycles. The van der Waals surface area contributed by atoms with Crippen molar-refractivity contribution in [2.45, 2.75) is 32.5 Å². The van der Waals surface area contributed by atoms with Crippen LogP contribution in [0, 0.1) is 11.3 Å². The van der Waals surface area contributed by atoms with E-state index in [-0.39, 0.29) is 11.8 Å². The van der Waals surface area contributed by atoms with Crippen molar-refractivity contribution in [1.29, 1.82) is 5.41 Å². The summed E-state index contributed by atoms with van der Waals surface area (Å²) in [6.07, 6.45) is -3.82. The second-order valence-corrected chi connectivity index (χ2v) is 3.63. The summed E-state index contributed by atoms with van der Waals surface area (Å²) in [4.78, 5) is 0. The molecule has 0 aromatic heterocycles. The fourth-order valence-corrected chi connectivity index (χ4v) is 1.03. The van der Waals surface area contributed by atoms with Crippen LogP contribution in [0.3, 0.4) is 0 Å². The van der Waals surface area contributed by atoms with Gasteiger partial charge in [0.1, 0.15) is 5.84 Å². The zero-order valence-electron chi connectivity index (χ0n) is 8.28. The van der Waals surface area contributed by atoms with Crippen molar-refractivity contribution in [2.75, 3.05) is 6.54 Å². The first-order chi connectivity index (χ1) is 6.22. The fraction of sp³-hybridized carbons (Fsp3) is 0.875. The molecule has 6 heteroatoms. The van der Waals surface area contributed by atoms with Gasteiger partial charge in [-0.1, -0.05) is 13.8 Å². The highest BCUT2D eigenvalue weighted by Crippen LogP contribution is 2.13. The Hall–Kier alpha value is -0.780. The topological polar surface area (TPSA) is 61.9 Å². The van der Waals surface area contributed by atoms with Crippen molar-refractivity contribution in [2.24, 2.45) is 11.7 Å². The van der Waals surface area contributed by atoms with Crippen molar-refractivity contribution in [3.05, 3.63) is 0 Å². The molecule has 0 radical (unpaired) electrons. The summed E-state index contributed by atoms with van der Waals surface area (Å²) in [5.74, 6) is -0.0485. The highest BCUT2D eigenvalue weighted by Gasteiger charge is 2.28. The molecular formula is C8H16F3N3. The van der Waals surface area contributed by atoms with E-state index in [0.717, 1.165) is 0 Å². The van der Waals surface area contributed by atoms with Gasteiger partial charge in [0.25, 0.3) is 0 Å². The molecule has 0 aromatic rings. The molecule has 0 aliphatic carbocycles. The first-order valence-corrected chi connectivity index (χ1v) is 4.36. The highest BCUT2D eigenvalue weighted by molar-refractivity contribution is 5.82. The number of hydrogen-bond donors (Lipinski definition) is 3. The molecule has 0 aliphatic rings. The molecule has 0 bridgehead atoms. The monoisotopic (exact) mass is 211 g/mol. The van der Waals surface area contributed by atoms with E-state index >= 15 is 0 Å². The van der Waals surface area contributed by atoms with E-state index in [2.05, 4.69) is 5.32 Å². The smallest absolute Gasteiger partial charge is 0.386 e. The molecule has 3 nitrogen and oxygen atoms in total. The normalized spacial score (nSPS) is 14.4. The molecule has 0 saturated heterocycles. The van der Waals surface area contributed by atoms with Crippen LogP contribution >= 0.6 is 0 Å². The maximum atomic E-state index is 11.8. The van der Waals surface area contributed by atoms with Gasteiger partial charge in [-0.3, -0.25) is 10.7 Å². The molecule has 4 N–H and O–H groups in total. The number of halogens is 3. The number of nitrogens with one attached hydrogen (secondary N) is 2. The Morgan fingerprint density at radius 3 is 2.21 bits per heavy atom. The standard InChI is InChI=1S/C8H16F3N3/c1-5(2)3-6(7(12)13)14-4-8(9,10)11/h5-6,14H,3-4H2,1-2H3,(H3,12,13)/t6-/m1/s1. The maximum absolute atomic E-state index is 11.8. The van der Waals surface area contributed by atoms with E-state index in [0.29, 0.717) is 6.42 Å². The summed E-state index contributed by atoms with van der Waals surface area (Å²) in [5.41, 5.74) is 5.17. The molecule has 0 fully saturated rings. The van der Waals surface area contributed by atoms with Gasteiger partial charge in [0, 0.05) is 0 Å². The molecule has 0 unspecified atom stereocenters. The summed E-state index contributed by atoms with van der Waals surface area (Å²) in [6.45, 7) is 2.63. The summed E-state index contributed by atoms with van der Waals surface area (Å²) in [7, 11) is 0. The van der Waals surface area contributed by atoms with Crippen molar-refractivity contribution >= 4 is 5.84 Å². The van der Waals surface area contributed by atoms with E-state index in [1.54, 1.807) is 0 Å². The van der Waals surface area contributed by atoms with E-state index in [9.17, 15) is 13.2 Å². The molecular weight excluding hydrogens is 195 g/mol. The fourth-order valence-electron chi connectivity index (χ4n) is 1.03. The van der Waals surface area contributed by atoms with Crippen molar-refractivity contribution in [3.8, 4) is 0 Å². The van der Waals surface area contributed by atoms with E-state index < -0.39 is 18.8 Å². The molecule has 0 heterocycles. The quantitative estimate of drug-likeness (QED) is 0.476. The van der Waals surface area contributed by atoms with Gasteiger partial charge in [-0.25, -0.2) is 0 Å². The summed E-state index contributed by atoms with van der Waals surface area (Å²) >= 11 is 0. The lowest BCUT2D eigenvalue weighted by Gasteiger charge is -2.20. The number of nitrogens with two attached hydrogens (primary N) is 1. The van der Waals surface area contributed by atoms with E-state index in [4.69, 9.17) is 11.1 Å². The largest absolute Gasteiger partial charge is 0.401 e. The van der Waals surface area contributed by atoms with Gasteiger partial charge in [-0.05, 0) is 12.3 Å². The second-order valence-electron chi connectivity index (χ2n) is 3.63. The lowest BCUT2D eigenvalue weighted by atomic mass is 10.0. The van der Waals surface area contributed by atoms with E-state index in [1.807, 2.05) is 13.8 Å². The highest BCUT2D eigenvalue weighted by atomic mass is 19.4. The number of hydrogen-bond acceptors (Lipinski definition) is 2. The zero-order chi connectivity index (χ0) is 11.4. The van der Waals surface area contributed by atoms with Gasteiger partial charge in [0.15, 0.2) is 0 Å². The van der Waals surface area contributed by atoms with Crippen LogP contribution in [0.2, 0.25) is 0 Å². The predicted molar refractivity (Wildman–Crippen MR) is 49.2 cm³/mol. The Kier molecular flexibility index (Phi) is 4.90. The van der Waals surface area contributed by atoms with Gasteiger partial charge in [-0.15, -0.1) is 0 Å². The first-order valence-electron chi connectivity index (χ1n) is 4.36. The molecule has 0 aliphatic heterocycles. The number of alkyl halides is 3. The average Bonchev–Trinajstić information content (AvgIpc) is 1.94. The molecule has 1 atom stereocenters. The Bertz CT molecular complexity index is 189. The van der Waals surface area contributed by atoms with Gasteiger partial charge in [0.05, 0.1) is 12.6 Å². The van der Waals surface area contributed by atoms with Crippen LogP contribution in [0.15, 0.2) is 0 Å². The van der Waals surface area contributed by atoms with Crippen LogP contribution in [0.25, 0.3) is 0 Å². The Balaban J connectivity index is 4.05. The molecule has 84 valence electrons. The molecule has 0 amide bonds. The maximum Gasteiger partial charge on any atom is 0.401 e. The third-order valence-corrected chi connectivity index (χ3v) is 1.63. The molecule has 0 rings (SSSR count). The predicted octanol–water partition coefficient (Wildman–Crippen LogP) is 1.49. The Morgan fingerprint density at radius 1 is 1.43 bits per heavy atom. The van der Waals surface area contributed by atoms with Crippen molar-refractivity contribution in [3.63, 3.8) is 0 Å². The second kappa shape index (κ2) is 5.19. The summed E-state index contributed by atoms with van der Waals surface area (Å²) in [5, 5.41) is 9.32. The number of amidine groups is 1. The van der Waals surface area contributed by atoms with Crippen LogP contribution in [0.5, 0.6) is 0 Å². The van der Waals surface area contributed by atoms with Crippen LogP contribution < -0.4 is 11.1 Å². The van der Waals surface area contributed by atoms with Gasteiger partial charge >= 0.3 is 6.18 Å². The lowest BCUT2D eigenvalue weighted by Crippen LogP contribution is -2.45. The lowest BCUT2D eigenvalue weighted by molar-refractivity contribution is -0.125. The minimum atomic E-state index is -4.26. The Morgan fingerprint density at radius 2 is 1.93 bits per heavy atom. The zero-order valence-corrected chi connectivity index (χ0v) is 8.28. The third kappa shape index (κ3) is 6.71. The van der Waals surface area contributed by atoms with Crippen LogP contribution in [0.1, 0.15) is 20.3 Å². The molecule has 0 spiro atoms. The minimum absolute atomic E-state index is 0.199. The summed E-state index contributed by atoms with van der Waals surface area (Å²) in [6, 6.07) is -0.684. The molecule has 14 heavy (non-hydrogen) atoms. The third-order valence-electron chi connectivity index (χ3n) is 1.63. The summed E-state index contributed by atoms with van der Waals surface area (Å²) < 4.78 is 35.5. The SMILES string of the molecule is CC(C)C[C@@H](NCC(F)(F)F)C(=N)N. The average molecular weight is 211 g/mol. The van der Waals surface area contributed by atoms with Crippen LogP contribution in [0.4, 0.5) is 13.2 Å². The number of rotatable bonds is 5. The van der Waals surface area contributed by atoms with Crippen molar-refractivity contribution in [1.82, 2.24) is 5.32 Å².